The number of aromatic nitrogens is 1. The molecule has 0 saturated heterocycles. The highest BCUT2D eigenvalue weighted by molar-refractivity contribution is 7.89. The lowest BCUT2D eigenvalue weighted by atomic mass is 10.2. The van der Waals surface area contributed by atoms with Crippen LogP contribution in [0.5, 0.6) is 0 Å². The third-order valence-electron chi connectivity index (χ3n) is 3.60. The number of carbonyl (C=O) groups is 1. The van der Waals surface area contributed by atoms with Crippen molar-refractivity contribution in [3.8, 4) is 0 Å². The number of rotatable bonds is 7. The van der Waals surface area contributed by atoms with Gasteiger partial charge in [0.15, 0.2) is 0 Å². The van der Waals surface area contributed by atoms with Crippen LogP contribution in [-0.2, 0) is 16.6 Å². The number of sulfonamides is 1. The fourth-order valence-corrected chi connectivity index (χ4v) is 3.79. The monoisotopic (exact) mass is 347 g/mol. The number of carbonyl (C=O) groups excluding carboxylic acids is 1. The molecule has 0 unspecified atom stereocenters. The SMILES string of the molecule is CCN(CC)S(=O)(=O)c1cccc(C(=O)NCc2ccccn2)c1. The molecule has 1 aromatic carbocycles. The Morgan fingerprint density at radius 2 is 1.88 bits per heavy atom. The molecule has 0 aliphatic rings. The molecule has 7 heteroatoms. The van der Waals surface area contributed by atoms with Crippen molar-refractivity contribution in [1.29, 1.82) is 0 Å². The maximum atomic E-state index is 12.5. The van der Waals surface area contributed by atoms with Crippen LogP contribution in [0.2, 0.25) is 0 Å². The zero-order valence-electron chi connectivity index (χ0n) is 13.8. The lowest BCUT2D eigenvalue weighted by Crippen LogP contribution is -2.31. The van der Waals surface area contributed by atoms with Gasteiger partial charge in [0.1, 0.15) is 0 Å². The van der Waals surface area contributed by atoms with Gasteiger partial charge in [0, 0.05) is 24.8 Å². The molecule has 0 bridgehead atoms. The highest BCUT2D eigenvalue weighted by Gasteiger charge is 2.22. The van der Waals surface area contributed by atoms with Crippen molar-refractivity contribution in [2.75, 3.05) is 13.1 Å². The molecule has 0 aliphatic heterocycles. The van der Waals surface area contributed by atoms with Crippen LogP contribution in [0.3, 0.4) is 0 Å². The average molecular weight is 347 g/mol. The number of amides is 1. The van der Waals surface area contributed by atoms with Gasteiger partial charge >= 0.3 is 0 Å². The van der Waals surface area contributed by atoms with E-state index in [1.54, 1.807) is 38.2 Å². The summed E-state index contributed by atoms with van der Waals surface area (Å²) >= 11 is 0. The first kappa shape index (κ1) is 18.1. The molecule has 0 radical (unpaired) electrons. The van der Waals surface area contributed by atoms with Crippen molar-refractivity contribution < 1.29 is 13.2 Å². The van der Waals surface area contributed by atoms with Gasteiger partial charge in [-0.3, -0.25) is 9.78 Å². The topological polar surface area (TPSA) is 79.4 Å². The zero-order chi connectivity index (χ0) is 17.6. The molecule has 2 aromatic rings. The Kier molecular flexibility index (Phi) is 6.05. The van der Waals surface area contributed by atoms with Crippen LogP contribution < -0.4 is 5.32 Å². The summed E-state index contributed by atoms with van der Waals surface area (Å²) in [6.07, 6.45) is 1.65. The molecule has 2 rings (SSSR count). The number of nitrogens with zero attached hydrogens (tertiary/aromatic N) is 2. The average Bonchev–Trinajstić information content (AvgIpc) is 2.61. The lowest BCUT2D eigenvalue weighted by molar-refractivity contribution is 0.0950. The van der Waals surface area contributed by atoms with Gasteiger partial charge in [-0.15, -0.1) is 0 Å². The van der Waals surface area contributed by atoms with Crippen molar-refractivity contribution in [3.63, 3.8) is 0 Å². The first-order valence-electron chi connectivity index (χ1n) is 7.77. The van der Waals surface area contributed by atoms with Crippen molar-refractivity contribution in [2.24, 2.45) is 0 Å². The molecule has 128 valence electrons. The Balaban J connectivity index is 2.16. The summed E-state index contributed by atoms with van der Waals surface area (Å²) < 4.78 is 26.4. The van der Waals surface area contributed by atoms with Gasteiger partial charge < -0.3 is 5.32 Å². The molecule has 1 N–H and O–H groups in total. The van der Waals surface area contributed by atoms with E-state index >= 15 is 0 Å². The minimum Gasteiger partial charge on any atom is -0.346 e. The Morgan fingerprint density at radius 1 is 1.12 bits per heavy atom. The van der Waals surface area contributed by atoms with E-state index in [2.05, 4.69) is 10.3 Å². The second-order valence-corrected chi connectivity index (χ2v) is 7.06. The summed E-state index contributed by atoms with van der Waals surface area (Å²) in [6, 6.07) is 11.5. The highest BCUT2D eigenvalue weighted by atomic mass is 32.2. The molecule has 0 atom stereocenters. The molecule has 0 spiro atoms. The van der Waals surface area contributed by atoms with Gasteiger partial charge in [0.2, 0.25) is 10.0 Å². The normalized spacial score (nSPS) is 11.5. The highest BCUT2D eigenvalue weighted by Crippen LogP contribution is 2.17. The molecule has 24 heavy (non-hydrogen) atoms. The minimum atomic E-state index is -3.58. The predicted molar refractivity (Wildman–Crippen MR) is 92.0 cm³/mol. The van der Waals surface area contributed by atoms with Gasteiger partial charge in [0.05, 0.1) is 17.1 Å². The second kappa shape index (κ2) is 8.03. The molecule has 6 nitrogen and oxygen atoms in total. The largest absolute Gasteiger partial charge is 0.346 e. The maximum Gasteiger partial charge on any atom is 0.251 e. The molecule has 1 heterocycles. The van der Waals surface area contributed by atoms with E-state index in [0.29, 0.717) is 18.7 Å². The lowest BCUT2D eigenvalue weighted by Gasteiger charge is -2.18. The third kappa shape index (κ3) is 4.18. The van der Waals surface area contributed by atoms with Crippen LogP contribution in [0, 0.1) is 0 Å². The molecule has 1 aromatic heterocycles. The van der Waals surface area contributed by atoms with E-state index in [1.807, 2.05) is 12.1 Å². The van der Waals surface area contributed by atoms with Crippen LogP contribution in [0.15, 0.2) is 53.6 Å². The van der Waals surface area contributed by atoms with Crippen molar-refractivity contribution in [1.82, 2.24) is 14.6 Å². The summed E-state index contributed by atoms with van der Waals surface area (Å²) in [5.74, 6) is -0.336. The van der Waals surface area contributed by atoms with Crippen LogP contribution in [0.25, 0.3) is 0 Å². The smallest absolute Gasteiger partial charge is 0.251 e. The summed E-state index contributed by atoms with van der Waals surface area (Å²) in [4.78, 5) is 16.5. The molecule has 0 fully saturated rings. The number of hydrogen-bond acceptors (Lipinski definition) is 4. The molecule has 0 saturated carbocycles. The van der Waals surface area contributed by atoms with Crippen molar-refractivity contribution >= 4 is 15.9 Å². The molecule has 0 aliphatic carbocycles. The predicted octanol–water partition coefficient (Wildman–Crippen LogP) is 2.04. The fourth-order valence-electron chi connectivity index (χ4n) is 2.29. The number of hydrogen-bond donors (Lipinski definition) is 1. The van der Waals surface area contributed by atoms with E-state index in [9.17, 15) is 13.2 Å². The summed E-state index contributed by atoms with van der Waals surface area (Å²) in [5.41, 5.74) is 1.04. The Labute approximate surface area is 142 Å². The number of pyridine rings is 1. The van der Waals surface area contributed by atoms with E-state index in [0.717, 1.165) is 5.69 Å². The summed E-state index contributed by atoms with van der Waals surface area (Å²) in [5, 5.41) is 2.74. The van der Waals surface area contributed by atoms with E-state index in [-0.39, 0.29) is 17.3 Å². The minimum absolute atomic E-state index is 0.122. The summed E-state index contributed by atoms with van der Waals surface area (Å²) in [7, 11) is -3.58. The fraction of sp³-hybridized carbons (Fsp3) is 0.294. The van der Waals surface area contributed by atoms with Crippen molar-refractivity contribution in [3.05, 3.63) is 59.9 Å². The quantitative estimate of drug-likeness (QED) is 0.831. The Morgan fingerprint density at radius 3 is 2.50 bits per heavy atom. The van der Waals surface area contributed by atoms with E-state index in [4.69, 9.17) is 0 Å². The molecule has 1 amide bonds. The van der Waals surface area contributed by atoms with E-state index in [1.165, 1.54) is 16.4 Å². The number of benzene rings is 1. The van der Waals surface area contributed by atoms with Crippen molar-refractivity contribution in [2.45, 2.75) is 25.3 Å². The molecular formula is C17H21N3O3S. The third-order valence-corrected chi connectivity index (χ3v) is 5.64. The van der Waals surface area contributed by atoms with Crippen LogP contribution in [0.1, 0.15) is 29.9 Å². The second-order valence-electron chi connectivity index (χ2n) is 5.12. The van der Waals surface area contributed by atoms with Crippen LogP contribution in [-0.4, -0.2) is 36.7 Å². The van der Waals surface area contributed by atoms with Crippen LogP contribution in [0.4, 0.5) is 0 Å². The molecular weight excluding hydrogens is 326 g/mol. The number of nitrogens with one attached hydrogen (secondary N) is 1. The van der Waals surface area contributed by atoms with Gasteiger partial charge in [-0.2, -0.15) is 4.31 Å². The van der Waals surface area contributed by atoms with Crippen LogP contribution >= 0.6 is 0 Å². The first-order valence-corrected chi connectivity index (χ1v) is 9.21. The maximum absolute atomic E-state index is 12.5. The van der Waals surface area contributed by atoms with E-state index < -0.39 is 10.0 Å². The Bertz CT molecular complexity index is 788. The van der Waals surface area contributed by atoms with Gasteiger partial charge in [-0.05, 0) is 30.3 Å². The van der Waals surface area contributed by atoms with Gasteiger partial charge in [-0.1, -0.05) is 26.0 Å². The first-order chi connectivity index (χ1) is 11.5. The standard InChI is InChI=1S/C17H21N3O3S/c1-3-20(4-2)24(22,23)16-10-7-8-14(12-16)17(21)19-13-15-9-5-6-11-18-15/h5-12H,3-4,13H2,1-2H3,(H,19,21). The summed E-state index contributed by atoms with van der Waals surface area (Å²) in [6.45, 7) is 4.62. The Hall–Kier alpha value is -2.25. The zero-order valence-corrected chi connectivity index (χ0v) is 14.6. The van der Waals surface area contributed by atoms with Gasteiger partial charge in [0.25, 0.3) is 5.91 Å². The van der Waals surface area contributed by atoms with Gasteiger partial charge in [-0.25, -0.2) is 8.42 Å².